The molecule has 0 aromatic rings. The van der Waals surface area contributed by atoms with E-state index in [0.29, 0.717) is 19.4 Å². The van der Waals surface area contributed by atoms with E-state index in [1.54, 1.807) is 11.0 Å². The highest BCUT2D eigenvalue weighted by Gasteiger charge is 2.08. The number of likely N-dealkylation sites (N-methyl/N-ethyl adjacent to an activating group) is 1. The van der Waals surface area contributed by atoms with Crippen LogP contribution in [0.2, 0.25) is 0 Å². The van der Waals surface area contributed by atoms with Crippen molar-refractivity contribution in [3.8, 4) is 0 Å². The van der Waals surface area contributed by atoms with Crippen LogP contribution in [0, 0.1) is 0 Å². The lowest BCUT2D eigenvalue weighted by atomic mass is 10.4. The van der Waals surface area contributed by atoms with E-state index in [9.17, 15) is 9.59 Å². The normalized spacial score (nSPS) is 10.8. The molecule has 0 aliphatic heterocycles. The minimum Gasteiger partial charge on any atom is -0.346 e. The fourth-order valence-corrected chi connectivity index (χ4v) is 6.56. The van der Waals surface area contributed by atoms with Crippen LogP contribution in [0.25, 0.3) is 0 Å². The summed E-state index contributed by atoms with van der Waals surface area (Å²) in [7, 11) is 3.75. The molecule has 0 bridgehead atoms. The number of hydrogen-bond donors (Lipinski definition) is 1. The number of carbonyl (C=O) groups excluding carboxylic acids is 2. The van der Waals surface area contributed by atoms with Gasteiger partial charge in [0.15, 0.2) is 0 Å². The Balaban J connectivity index is 3.42. The zero-order valence-electron chi connectivity index (χ0n) is 20.2. The molecule has 0 heterocycles. The van der Waals surface area contributed by atoms with Crippen molar-refractivity contribution >= 4 is 58.9 Å². The zero-order valence-corrected chi connectivity index (χ0v) is 23.5. The monoisotopic (exact) mass is 523 g/mol. The van der Waals surface area contributed by atoms with E-state index in [-0.39, 0.29) is 11.8 Å². The maximum absolute atomic E-state index is 12.2. The Morgan fingerprint density at radius 2 is 1.16 bits per heavy atom. The molecule has 0 aromatic carbocycles. The summed E-state index contributed by atoms with van der Waals surface area (Å²) >= 11 is 7.70. The SMILES string of the molecule is C=CCN(C)C(=O)CCSCCCSCCCN(C)C(=O)CCSCCCSCCCN. The quantitative estimate of drug-likeness (QED) is 0.158. The topological polar surface area (TPSA) is 66.6 Å². The van der Waals surface area contributed by atoms with Crippen LogP contribution in [0.15, 0.2) is 12.7 Å². The Labute approximate surface area is 214 Å². The smallest absolute Gasteiger partial charge is 0.223 e. The van der Waals surface area contributed by atoms with Crippen LogP contribution in [-0.2, 0) is 9.59 Å². The Morgan fingerprint density at radius 3 is 1.66 bits per heavy atom. The van der Waals surface area contributed by atoms with Gasteiger partial charge in [-0.15, -0.1) is 6.58 Å². The average Bonchev–Trinajstić information content (AvgIpc) is 2.78. The molecule has 0 spiro atoms. The second-order valence-corrected chi connectivity index (χ2v) is 12.4. The van der Waals surface area contributed by atoms with Gasteiger partial charge in [0.2, 0.25) is 11.8 Å². The number of amides is 2. The predicted octanol–water partition coefficient (Wildman–Crippen LogP) is 4.32. The van der Waals surface area contributed by atoms with Crippen LogP contribution in [0.3, 0.4) is 0 Å². The lowest BCUT2D eigenvalue weighted by Crippen LogP contribution is -2.28. The number of thioether (sulfide) groups is 4. The van der Waals surface area contributed by atoms with Gasteiger partial charge in [0, 0.05) is 51.5 Å². The summed E-state index contributed by atoms with van der Waals surface area (Å²) in [4.78, 5) is 27.6. The van der Waals surface area contributed by atoms with E-state index >= 15 is 0 Å². The van der Waals surface area contributed by atoms with Crippen molar-refractivity contribution in [2.75, 3.05) is 79.8 Å². The Morgan fingerprint density at radius 1 is 0.719 bits per heavy atom. The first-order valence-corrected chi connectivity index (χ1v) is 16.2. The van der Waals surface area contributed by atoms with Crippen molar-refractivity contribution in [1.29, 1.82) is 0 Å². The van der Waals surface area contributed by atoms with E-state index in [2.05, 4.69) is 6.58 Å². The second-order valence-electron chi connectivity index (χ2n) is 7.53. The predicted molar refractivity (Wildman–Crippen MR) is 152 cm³/mol. The van der Waals surface area contributed by atoms with Crippen LogP contribution in [0.1, 0.15) is 38.5 Å². The fourth-order valence-electron chi connectivity index (χ4n) is 2.64. The van der Waals surface area contributed by atoms with Gasteiger partial charge >= 0.3 is 0 Å². The highest BCUT2D eigenvalue weighted by atomic mass is 32.2. The van der Waals surface area contributed by atoms with Gasteiger partial charge in [0.1, 0.15) is 0 Å². The molecule has 9 heteroatoms. The highest BCUT2D eigenvalue weighted by molar-refractivity contribution is 8.00. The maximum Gasteiger partial charge on any atom is 0.223 e. The third kappa shape index (κ3) is 20.6. The number of hydrogen-bond acceptors (Lipinski definition) is 7. The van der Waals surface area contributed by atoms with Gasteiger partial charge < -0.3 is 15.5 Å². The molecule has 0 aliphatic carbocycles. The molecule has 32 heavy (non-hydrogen) atoms. The van der Waals surface area contributed by atoms with Crippen LogP contribution >= 0.6 is 47.0 Å². The first kappa shape index (κ1) is 32.0. The molecule has 0 saturated heterocycles. The Hall–Kier alpha value is 0.0400. The minimum absolute atomic E-state index is 0.192. The summed E-state index contributed by atoms with van der Waals surface area (Å²) in [6.45, 7) is 5.91. The van der Waals surface area contributed by atoms with Crippen molar-refractivity contribution in [3.05, 3.63) is 12.7 Å². The molecular weight excluding hydrogens is 479 g/mol. The first-order valence-electron chi connectivity index (χ1n) is 11.6. The molecule has 2 N–H and O–H groups in total. The lowest BCUT2D eigenvalue weighted by Gasteiger charge is -2.17. The third-order valence-corrected chi connectivity index (χ3v) is 9.05. The van der Waals surface area contributed by atoms with E-state index in [0.717, 1.165) is 60.4 Å². The number of nitrogens with zero attached hydrogens (tertiary/aromatic N) is 2. The van der Waals surface area contributed by atoms with Gasteiger partial charge in [-0.25, -0.2) is 0 Å². The van der Waals surface area contributed by atoms with Crippen LogP contribution in [-0.4, -0.2) is 101 Å². The van der Waals surface area contributed by atoms with E-state index in [1.165, 1.54) is 24.3 Å². The molecule has 0 radical (unpaired) electrons. The molecule has 0 rings (SSSR count). The molecule has 0 aliphatic rings. The van der Waals surface area contributed by atoms with Gasteiger partial charge in [-0.1, -0.05) is 6.08 Å². The summed E-state index contributed by atoms with van der Waals surface area (Å²) in [6.07, 6.45) is 7.55. The van der Waals surface area contributed by atoms with E-state index in [4.69, 9.17) is 5.73 Å². The number of rotatable bonds is 23. The molecule has 2 amide bonds. The summed E-state index contributed by atoms with van der Waals surface area (Å²) in [5.41, 5.74) is 5.49. The van der Waals surface area contributed by atoms with E-state index < -0.39 is 0 Å². The van der Waals surface area contributed by atoms with Crippen LogP contribution in [0.4, 0.5) is 0 Å². The second kappa shape index (κ2) is 24.2. The zero-order chi connectivity index (χ0) is 23.9. The van der Waals surface area contributed by atoms with Crippen molar-refractivity contribution in [3.63, 3.8) is 0 Å². The first-order chi connectivity index (χ1) is 15.5. The maximum atomic E-state index is 12.2. The summed E-state index contributed by atoms with van der Waals surface area (Å²) in [6, 6.07) is 0. The van der Waals surface area contributed by atoms with Gasteiger partial charge in [0.05, 0.1) is 0 Å². The number of nitrogens with two attached hydrogens (primary N) is 1. The van der Waals surface area contributed by atoms with Crippen LogP contribution in [0.5, 0.6) is 0 Å². The molecular formula is C23H45N3O2S4. The Bertz CT molecular complexity index is 484. The molecule has 0 aromatic heterocycles. The molecule has 0 atom stereocenters. The standard InChI is InChI=1S/C23H45N3O2S4/c1-4-12-25(2)22(27)9-20-31-19-8-17-30-15-6-13-26(3)23(28)10-21-32-18-7-16-29-14-5-11-24/h4H,1,5-21,24H2,2-3H3. The Kier molecular flexibility index (Phi) is 24.2. The molecule has 0 unspecified atom stereocenters. The van der Waals surface area contributed by atoms with Crippen LogP contribution < -0.4 is 5.73 Å². The van der Waals surface area contributed by atoms with E-state index in [1.807, 2.05) is 66.0 Å². The molecule has 0 fully saturated rings. The third-order valence-electron chi connectivity index (χ3n) is 4.60. The van der Waals surface area contributed by atoms with Crippen molar-refractivity contribution in [1.82, 2.24) is 9.80 Å². The molecule has 188 valence electrons. The summed E-state index contributed by atoms with van der Waals surface area (Å²) in [5, 5.41) is 0. The summed E-state index contributed by atoms with van der Waals surface area (Å²) in [5.74, 6) is 9.14. The average molecular weight is 524 g/mol. The lowest BCUT2D eigenvalue weighted by molar-refractivity contribution is -0.130. The number of carbonyl (C=O) groups is 2. The van der Waals surface area contributed by atoms with Crippen molar-refractivity contribution in [2.45, 2.75) is 38.5 Å². The largest absolute Gasteiger partial charge is 0.346 e. The molecule has 0 saturated carbocycles. The van der Waals surface area contributed by atoms with Gasteiger partial charge in [-0.05, 0) is 66.7 Å². The summed E-state index contributed by atoms with van der Waals surface area (Å²) < 4.78 is 0. The van der Waals surface area contributed by atoms with Crippen molar-refractivity contribution < 1.29 is 9.59 Å². The minimum atomic E-state index is 0.192. The van der Waals surface area contributed by atoms with Crippen molar-refractivity contribution in [2.24, 2.45) is 5.73 Å². The fraction of sp³-hybridized carbons (Fsp3) is 0.826. The van der Waals surface area contributed by atoms with Gasteiger partial charge in [0.25, 0.3) is 0 Å². The van der Waals surface area contributed by atoms with Gasteiger partial charge in [-0.2, -0.15) is 47.0 Å². The van der Waals surface area contributed by atoms with Gasteiger partial charge in [-0.3, -0.25) is 9.59 Å². The molecule has 5 nitrogen and oxygen atoms in total. The highest BCUT2D eigenvalue weighted by Crippen LogP contribution is 2.12.